The van der Waals surface area contributed by atoms with E-state index in [1.165, 1.54) is 32.9 Å². The Morgan fingerprint density at radius 2 is 0.744 bits per heavy atom. The minimum atomic E-state index is -3.72. The lowest BCUT2D eigenvalue weighted by molar-refractivity contribution is 0.408. The molecule has 0 atom stereocenters. The summed E-state index contributed by atoms with van der Waals surface area (Å²) in [5, 5.41) is 11.2. The number of nitrogen functional groups attached to an aromatic ring is 1. The van der Waals surface area contributed by atoms with Crippen LogP contribution in [-0.4, -0.2) is 70.3 Å². The second kappa shape index (κ2) is 27.5. The number of fused-ring (bicyclic) bond motifs is 4. The Kier molecular flexibility index (Phi) is 23.3. The average Bonchev–Trinajstić information content (AvgIpc) is 1.58. The summed E-state index contributed by atoms with van der Waals surface area (Å²) < 4.78 is 95.8. The van der Waals surface area contributed by atoms with Gasteiger partial charge < -0.3 is 28.5 Å². The van der Waals surface area contributed by atoms with Gasteiger partial charge in [0.15, 0.2) is 57.6 Å². The Bertz CT molecular complexity index is 4460. The molecule has 0 spiro atoms. The summed E-state index contributed by atoms with van der Waals surface area (Å²) in [7, 11) is -10.9. The Balaban J connectivity index is 0.000000206. The highest BCUT2D eigenvalue weighted by Crippen LogP contribution is 2.43. The third-order valence-corrected chi connectivity index (χ3v) is 24.0. The molecule has 0 aliphatic rings. The fraction of sp³-hybridized carbons (Fsp3) is 0.469. The van der Waals surface area contributed by atoms with Gasteiger partial charge in [0.05, 0.1) is 55.3 Å². The number of halogens is 5. The predicted molar refractivity (Wildman–Crippen MR) is 373 cm³/mol. The van der Waals surface area contributed by atoms with E-state index in [2.05, 4.69) is 88.0 Å². The molecule has 0 saturated heterocycles. The van der Waals surface area contributed by atoms with Gasteiger partial charge in [-0.15, -0.1) is 24.4 Å². The monoisotopic (exact) mass is 1430 g/mol. The van der Waals surface area contributed by atoms with Gasteiger partial charge in [0.1, 0.15) is 36.8 Å². The van der Waals surface area contributed by atoms with Crippen LogP contribution in [0.15, 0.2) is 103 Å². The first-order valence-corrected chi connectivity index (χ1v) is 36.1. The first-order valence-electron chi connectivity index (χ1n) is 28.4. The van der Waals surface area contributed by atoms with Crippen LogP contribution in [0.25, 0.3) is 44.4 Å². The quantitative estimate of drug-likeness (QED) is 0.0605. The van der Waals surface area contributed by atoms with Crippen molar-refractivity contribution >= 4 is 162 Å². The second-order valence-electron chi connectivity index (χ2n) is 27.8. The van der Waals surface area contributed by atoms with Gasteiger partial charge in [-0.05, 0) is 116 Å². The molecule has 0 fully saturated rings. The Hall–Kier alpha value is -4.42. The number of aromatic hydroxyl groups is 1. The molecule has 4 aromatic heterocycles. The number of thiol groups is 1. The van der Waals surface area contributed by atoms with Gasteiger partial charge in [-0.25, -0.2) is 45.2 Å². The lowest BCUT2D eigenvalue weighted by atomic mass is 9.97. The molecule has 0 aliphatic carbocycles. The SMILES string of the molecule is CC(C)(C)S(=O)(=O)c1c(Cl)ccc(N)c1O.CC(C)(C)c1nc2ccc(Cl)c(S(=O)(=O)C(C)(C)C)c2o1.CC(C)(C)c1nc2ccc(Cl)c(S)c2o1.CC(C)S(=O)(=O)c1c(Cl)ccc2nc(C(C)(C)C)oc12.CC(C)Sc1c(Cl)ccc2nc(C(C)(C)C)oc12. The van der Waals surface area contributed by atoms with E-state index in [0.29, 0.717) is 49.5 Å². The molecular formula is C64H82Cl5N5O11S5. The van der Waals surface area contributed by atoms with Crippen LogP contribution in [0.5, 0.6) is 5.75 Å². The van der Waals surface area contributed by atoms with E-state index in [-0.39, 0.29) is 68.3 Å². The number of benzene rings is 5. The van der Waals surface area contributed by atoms with Crippen molar-refractivity contribution in [1.29, 1.82) is 0 Å². The molecule has 0 aliphatic heterocycles. The van der Waals surface area contributed by atoms with Crippen molar-refractivity contribution in [3.05, 3.63) is 109 Å². The molecule has 26 heteroatoms. The molecule has 0 radical (unpaired) electrons. The number of anilines is 1. The first-order chi connectivity index (χ1) is 40.7. The van der Waals surface area contributed by atoms with Gasteiger partial charge >= 0.3 is 0 Å². The minimum Gasteiger partial charge on any atom is -0.504 e. The zero-order chi connectivity index (χ0) is 68.9. The van der Waals surface area contributed by atoms with Crippen LogP contribution >= 0.6 is 82.4 Å². The summed E-state index contributed by atoms with van der Waals surface area (Å²) in [5.74, 6) is 1.96. The van der Waals surface area contributed by atoms with Crippen LogP contribution in [0.2, 0.25) is 25.1 Å². The smallest absolute Gasteiger partial charge is 0.200 e. The number of aromatic nitrogens is 4. The van der Waals surface area contributed by atoms with Crippen molar-refractivity contribution in [3.63, 3.8) is 0 Å². The zero-order valence-corrected chi connectivity index (χ0v) is 62.7. The Morgan fingerprint density at radius 3 is 1.12 bits per heavy atom. The van der Waals surface area contributed by atoms with E-state index in [0.717, 1.165) is 32.4 Å². The number of rotatable bonds is 6. The van der Waals surface area contributed by atoms with E-state index < -0.39 is 50.0 Å². The molecule has 0 unspecified atom stereocenters. The van der Waals surface area contributed by atoms with Gasteiger partial charge in [-0.1, -0.05) is 155 Å². The molecular weight excluding hydrogens is 1350 g/mol. The van der Waals surface area contributed by atoms with Crippen LogP contribution < -0.4 is 5.73 Å². The van der Waals surface area contributed by atoms with Crippen LogP contribution in [0.1, 0.15) is 176 Å². The number of oxazole rings is 4. The topological polar surface area (TPSA) is 253 Å². The minimum absolute atomic E-state index is 0.00720. The Labute approximate surface area is 564 Å². The predicted octanol–water partition coefficient (Wildman–Crippen LogP) is 19.9. The first kappa shape index (κ1) is 76.3. The second-order valence-corrected chi connectivity index (χ2v) is 39.6. The number of hydrogen-bond donors (Lipinski definition) is 3. The zero-order valence-electron chi connectivity index (χ0n) is 54.8. The number of phenols is 1. The van der Waals surface area contributed by atoms with Gasteiger partial charge in [0.25, 0.3) is 0 Å². The molecule has 16 nitrogen and oxygen atoms in total. The summed E-state index contributed by atoms with van der Waals surface area (Å²) in [6.45, 7) is 41.2. The number of nitrogens with zero attached hydrogens (tertiary/aromatic N) is 4. The summed E-state index contributed by atoms with van der Waals surface area (Å²) in [6, 6.07) is 16.6. The number of nitrogens with two attached hydrogens (primary N) is 1. The largest absolute Gasteiger partial charge is 0.504 e. The fourth-order valence-electron chi connectivity index (χ4n) is 7.60. The van der Waals surface area contributed by atoms with E-state index in [1.54, 1.807) is 76.7 Å². The van der Waals surface area contributed by atoms with Crippen molar-refractivity contribution in [2.45, 2.75) is 218 Å². The Morgan fingerprint density at radius 1 is 0.444 bits per heavy atom. The molecule has 3 N–H and O–H groups in total. The summed E-state index contributed by atoms with van der Waals surface area (Å²) in [6.07, 6.45) is 0. The molecule has 5 aromatic carbocycles. The van der Waals surface area contributed by atoms with Crippen LogP contribution in [0.3, 0.4) is 0 Å². The summed E-state index contributed by atoms with van der Waals surface area (Å²) >= 11 is 36.3. The fourth-order valence-corrected chi connectivity index (χ4v) is 14.4. The molecule has 9 rings (SSSR count). The molecule has 90 heavy (non-hydrogen) atoms. The van der Waals surface area contributed by atoms with Gasteiger partial charge in [0.2, 0.25) is 23.6 Å². The highest BCUT2D eigenvalue weighted by atomic mass is 35.5. The molecule has 0 saturated carbocycles. The standard InChI is InChI=1S/C15H20ClNO3S.C14H18ClNO3S.C14H18ClNOS.C11H12ClNOS.C10H14ClNO3S/c1-14(2,3)13-17-10-8-7-9(16)12(11(10)20-13)21(18,19)15(4,5)6;1-8(2)20(17,18)12-9(15)6-7-10-11(12)19-13(16-10)14(3,4)5;1-8(2)18-12-9(15)6-7-10-11(12)17-13(16-10)14(3,4)5;1-11(2,3)10-13-7-5-4-6(12)9(15)8(7)14-10;1-10(2,3)16(14,15)9-6(11)4-5-7(12)8(9)13/h7-8H,1-6H3;6-8H,1-5H3;6-8H,1-5H3;4-5,15H,1-3H3;4-5,13H,12H2,1-3H3. The van der Waals surface area contributed by atoms with Crippen LogP contribution in [-0.2, 0) is 51.2 Å². The molecule has 4 heterocycles. The van der Waals surface area contributed by atoms with Crippen molar-refractivity contribution < 1.29 is 48.0 Å². The maximum atomic E-state index is 12.8. The van der Waals surface area contributed by atoms with Gasteiger partial charge in [0, 0.05) is 26.9 Å². The van der Waals surface area contributed by atoms with Crippen LogP contribution in [0, 0.1) is 0 Å². The van der Waals surface area contributed by atoms with Crippen molar-refractivity contribution in [2.75, 3.05) is 5.73 Å². The highest BCUT2D eigenvalue weighted by molar-refractivity contribution is 8.00. The lowest BCUT2D eigenvalue weighted by Crippen LogP contribution is -2.28. The van der Waals surface area contributed by atoms with E-state index in [4.69, 9.17) is 81.4 Å². The lowest BCUT2D eigenvalue weighted by Gasteiger charge is -2.21. The number of sulfone groups is 3. The summed E-state index contributed by atoms with van der Waals surface area (Å²) in [4.78, 5) is 19.1. The molecule has 0 amide bonds. The van der Waals surface area contributed by atoms with E-state index in [1.807, 2.05) is 59.7 Å². The number of phenolic OH excluding ortho intramolecular Hbond substituents is 1. The van der Waals surface area contributed by atoms with Gasteiger partial charge in [-0.3, -0.25) is 0 Å². The molecule has 9 aromatic rings. The molecule has 0 bridgehead atoms. The maximum Gasteiger partial charge on any atom is 0.200 e. The van der Waals surface area contributed by atoms with Crippen molar-refractivity contribution in [1.82, 2.24) is 19.9 Å². The third-order valence-electron chi connectivity index (χ3n) is 13.0. The third kappa shape index (κ3) is 17.1. The van der Waals surface area contributed by atoms with Crippen molar-refractivity contribution in [2.24, 2.45) is 0 Å². The van der Waals surface area contributed by atoms with E-state index >= 15 is 0 Å². The van der Waals surface area contributed by atoms with Crippen LogP contribution in [0.4, 0.5) is 5.69 Å². The molecule has 494 valence electrons. The average molecular weight is 1430 g/mol. The maximum absolute atomic E-state index is 12.8. The summed E-state index contributed by atoms with van der Waals surface area (Å²) in [5.41, 5.74) is 9.30. The van der Waals surface area contributed by atoms with Gasteiger partial charge in [-0.2, -0.15) is 0 Å². The van der Waals surface area contributed by atoms with E-state index in [9.17, 15) is 30.4 Å². The number of thioether (sulfide) groups is 1. The normalized spacial score (nSPS) is 13.0. The number of hydrogen-bond acceptors (Lipinski definition) is 18. The highest BCUT2D eigenvalue weighted by Gasteiger charge is 2.38. The van der Waals surface area contributed by atoms with Crippen molar-refractivity contribution in [3.8, 4) is 5.75 Å².